The molecule has 3 nitrogen and oxygen atoms in total. The fraction of sp³-hybridized carbons (Fsp3) is 0.500. The summed E-state index contributed by atoms with van der Waals surface area (Å²) in [5, 5.41) is 0. The second kappa shape index (κ2) is 6.10. The van der Waals surface area contributed by atoms with E-state index in [1.165, 1.54) is 12.1 Å². The van der Waals surface area contributed by atoms with Crippen LogP contribution in [0.3, 0.4) is 0 Å². The highest BCUT2D eigenvalue weighted by atomic mass is 19.1. The molecule has 1 heterocycles. The van der Waals surface area contributed by atoms with E-state index in [1.807, 2.05) is 4.90 Å². The molecule has 104 valence electrons. The molecule has 1 aliphatic heterocycles. The molecule has 19 heavy (non-hydrogen) atoms. The van der Waals surface area contributed by atoms with E-state index in [1.54, 1.807) is 6.92 Å². The summed E-state index contributed by atoms with van der Waals surface area (Å²) in [6.45, 7) is 3.13. The van der Waals surface area contributed by atoms with Crippen molar-refractivity contribution in [2.24, 2.45) is 0 Å². The molecule has 2 rings (SSSR count). The molecule has 1 aromatic rings. The van der Waals surface area contributed by atoms with E-state index in [0.717, 1.165) is 25.5 Å². The lowest BCUT2D eigenvalue weighted by Gasteiger charge is -2.22. The Labute approximate surface area is 111 Å². The Kier molecular flexibility index (Phi) is 4.47. The van der Waals surface area contributed by atoms with Crippen molar-refractivity contribution in [3.63, 3.8) is 0 Å². The SMILES string of the molecule is CCOC(=O)C1CCCN1Cc1ccc(F)cc1F. The fourth-order valence-electron chi connectivity index (χ4n) is 2.39. The van der Waals surface area contributed by atoms with Crippen molar-refractivity contribution in [3.05, 3.63) is 35.4 Å². The standard InChI is InChI=1S/C14H17F2NO2/c1-2-19-14(18)13-4-3-7-17(13)9-10-5-6-11(15)8-12(10)16/h5-6,8,13H,2-4,7,9H2,1H3. The molecule has 0 spiro atoms. The summed E-state index contributed by atoms with van der Waals surface area (Å²) in [5.41, 5.74) is 0.401. The molecule has 1 aromatic carbocycles. The van der Waals surface area contributed by atoms with E-state index < -0.39 is 11.6 Å². The number of nitrogens with zero attached hydrogens (tertiary/aromatic N) is 1. The highest BCUT2D eigenvalue weighted by Crippen LogP contribution is 2.22. The van der Waals surface area contributed by atoms with E-state index in [9.17, 15) is 13.6 Å². The number of benzene rings is 1. The normalized spacial score (nSPS) is 19.6. The Hall–Kier alpha value is -1.49. The van der Waals surface area contributed by atoms with Gasteiger partial charge in [-0.05, 0) is 32.4 Å². The Morgan fingerprint density at radius 2 is 2.26 bits per heavy atom. The topological polar surface area (TPSA) is 29.5 Å². The summed E-state index contributed by atoms with van der Waals surface area (Å²) >= 11 is 0. The lowest BCUT2D eigenvalue weighted by molar-refractivity contribution is -0.148. The fourth-order valence-corrected chi connectivity index (χ4v) is 2.39. The molecule has 0 aromatic heterocycles. The molecule has 0 amide bonds. The van der Waals surface area contributed by atoms with E-state index in [-0.39, 0.29) is 12.0 Å². The first-order valence-electron chi connectivity index (χ1n) is 6.46. The molecule has 1 saturated heterocycles. The third kappa shape index (κ3) is 3.29. The van der Waals surface area contributed by atoms with Crippen molar-refractivity contribution in [3.8, 4) is 0 Å². The van der Waals surface area contributed by atoms with Gasteiger partial charge < -0.3 is 4.74 Å². The van der Waals surface area contributed by atoms with Crippen molar-refractivity contribution in [2.45, 2.75) is 32.4 Å². The number of halogens is 2. The molecular formula is C14H17F2NO2. The Bertz CT molecular complexity index is 465. The first-order chi connectivity index (χ1) is 9.11. The maximum absolute atomic E-state index is 13.6. The Balaban J connectivity index is 2.07. The predicted molar refractivity (Wildman–Crippen MR) is 66.4 cm³/mol. The number of likely N-dealkylation sites (tertiary alicyclic amines) is 1. The van der Waals surface area contributed by atoms with E-state index >= 15 is 0 Å². The zero-order chi connectivity index (χ0) is 13.8. The molecule has 1 atom stereocenters. The average molecular weight is 269 g/mol. The van der Waals surface area contributed by atoms with Crippen LogP contribution in [-0.2, 0) is 16.1 Å². The van der Waals surface area contributed by atoms with Crippen LogP contribution in [0.25, 0.3) is 0 Å². The van der Waals surface area contributed by atoms with Gasteiger partial charge in [0.15, 0.2) is 0 Å². The van der Waals surface area contributed by atoms with Gasteiger partial charge in [-0.25, -0.2) is 8.78 Å². The second-order valence-corrected chi connectivity index (χ2v) is 4.62. The maximum Gasteiger partial charge on any atom is 0.323 e. The third-order valence-corrected chi connectivity index (χ3v) is 3.31. The zero-order valence-corrected chi connectivity index (χ0v) is 10.9. The molecule has 0 N–H and O–H groups in total. The summed E-state index contributed by atoms with van der Waals surface area (Å²) in [6.07, 6.45) is 1.61. The molecule has 0 saturated carbocycles. The molecule has 1 fully saturated rings. The summed E-state index contributed by atoms with van der Waals surface area (Å²) in [4.78, 5) is 13.7. The molecular weight excluding hydrogens is 252 g/mol. The van der Waals surface area contributed by atoms with Gasteiger partial charge in [0.1, 0.15) is 17.7 Å². The molecule has 1 unspecified atom stereocenters. The highest BCUT2D eigenvalue weighted by molar-refractivity contribution is 5.76. The van der Waals surface area contributed by atoms with Crippen LogP contribution in [0, 0.1) is 11.6 Å². The minimum atomic E-state index is -0.593. The van der Waals surface area contributed by atoms with Gasteiger partial charge in [-0.2, -0.15) is 0 Å². The number of esters is 1. The number of carbonyl (C=O) groups is 1. The number of rotatable bonds is 4. The van der Waals surface area contributed by atoms with Gasteiger partial charge >= 0.3 is 5.97 Å². The molecule has 0 bridgehead atoms. The van der Waals surface area contributed by atoms with Crippen molar-refractivity contribution < 1.29 is 18.3 Å². The molecule has 0 aliphatic carbocycles. The van der Waals surface area contributed by atoms with Crippen LogP contribution < -0.4 is 0 Å². The molecule has 5 heteroatoms. The lowest BCUT2D eigenvalue weighted by Crippen LogP contribution is -2.37. The van der Waals surface area contributed by atoms with Crippen molar-refractivity contribution >= 4 is 5.97 Å². The van der Waals surface area contributed by atoms with Crippen LogP contribution in [0.4, 0.5) is 8.78 Å². The van der Waals surface area contributed by atoms with Crippen molar-refractivity contribution in [1.29, 1.82) is 0 Å². The van der Waals surface area contributed by atoms with Crippen molar-refractivity contribution in [2.75, 3.05) is 13.2 Å². The van der Waals surface area contributed by atoms with Gasteiger partial charge in [0.05, 0.1) is 6.61 Å². The minimum Gasteiger partial charge on any atom is -0.465 e. The summed E-state index contributed by atoms with van der Waals surface area (Å²) < 4.78 is 31.4. The Morgan fingerprint density at radius 1 is 1.47 bits per heavy atom. The average Bonchev–Trinajstić information content (AvgIpc) is 2.81. The summed E-state index contributed by atoms with van der Waals surface area (Å²) in [7, 11) is 0. The first-order valence-corrected chi connectivity index (χ1v) is 6.46. The lowest BCUT2D eigenvalue weighted by atomic mass is 10.1. The quantitative estimate of drug-likeness (QED) is 0.786. The Morgan fingerprint density at radius 3 is 2.95 bits per heavy atom. The van der Waals surface area contributed by atoms with Crippen LogP contribution in [-0.4, -0.2) is 30.1 Å². The monoisotopic (exact) mass is 269 g/mol. The smallest absolute Gasteiger partial charge is 0.323 e. The number of hydrogen-bond acceptors (Lipinski definition) is 3. The van der Waals surface area contributed by atoms with E-state index in [0.29, 0.717) is 18.7 Å². The first kappa shape index (κ1) is 13.9. The zero-order valence-electron chi connectivity index (χ0n) is 10.9. The minimum absolute atomic E-state index is 0.262. The van der Waals surface area contributed by atoms with Crippen LogP contribution in [0.2, 0.25) is 0 Å². The largest absolute Gasteiger partial charge is 0.465 e. The van der Waals surface area contributed by atoms with Gasteiger partial charge in [-0.1, -0.05) is 6.07 Å². The van der Waals surface area contributed by atoms with Gasteiger partial charge in [0.2, 0.25) is 0 Å². The van der Waals surface area contributed by atoms with Crippen molar-refractivity contribution in [1.82, 2.24) is 4.90 Å². The van der Waals surface area contributed by atoms with Crippen LogP contribution in [0.1, 0.15) is 25.3 Å². The van der Waals surface area contributed by atoms with Gasteiger partial charge in [0, 0.05) is 18.2 Å². The molecule has 1 aliphatic rings. The van der Waals surface area contributed by atoms with Gasteiger partial charge in [0.25, 0.3) is 0 Å². The van der Waals surface area contributed by atoms with Crippen LogP contribution in [0.15, 0.2) is 18.2 Å². The van der Waals surface area contributed by atoms with Gasteiger partial charge in [-0.3, -0.25) is 9.69 Å². The van der Waals surface area contributed by atoms with E-state index in [4.69, 9.17) is 4.74 Å². The van der Waals surface area contributed by atoms with Crippen LogP contribution in [0.5, 0.6) is 0 Å². The molecule has 0 radical (unpaired) electrons. The predicted octanol–water partition coefficient (Wildman–Crippen LogP) is 2.49. The van der Waals surface area contributed by atoms with Crippen LogP contribution >= 0.6 is 0 Å². The third-order valence-electron chi connectivity index (χ3n) is 3.31. The highest BCUT2D eigenvalue weighted by Gasteiger charge is 2.32. The number of ether oxygens (including phenoxy) is 1. The summed E-state index contributed by atoms with van der Waals surface area (Å²) in [6, 6.07) is 3.20. The van der Waals surface area contributed by atoms with Gasteiger partial charge in [-0.15, -0.1) is 0 Å². The summed E-state index contributed by atoms with van der Waals surface area (Å²) in [5.74, 6) is -1.43. The number of hydrogen-bond donors (Lipinski definition) is 0. The second-order valence-electron chi connectivity index (χ2n) is 4.62. The van der Waals surface area contributed by atoms with E-state index in [2.05, 4.69) is 0 Å². The maximum atomic E-state index is 13.6. The number of carbonyl (C=O) groups excluding carboxylic acids is 1.